The van der Waals surface area contributed by atoms with E-state index < -0.39 is 6.04 Å². The van der Waals surface area contributed by atoms with Crippen molar-refractivity contribution in [3.63, 3.8) is 0 Å². The van der Waals surface area contributed by atoms with Gasteiger partial charge in [0.15, 0.2) is 0 Å². The molecular formula is C17H29N3O4. The minimum atomic E-state index is -0.403. The van der Waals surface area contributed by atoms with Crippen molar-refractivity contribution in [2.75, 3.05) is 19.7 Å². The Balaban J connectivity index is 1.82. The smallest absolute Gasteiger partial charge is 0.223 e. The van der Waals surface area contributed by atoms with Crippen molar-refractivity contribution in [3.05, 3.63) is 0 Å². The fourth-order valence-corrected chi connectivity index (χ4v) is 3.53. The van der Waals surface area contributed by atoms with Crippen LogP contribution in [-0.4, -0.2) is 59.0 Å². The molecule has 2 heterocycles. The standard InChI is InChI=1S/C17H29N3O4/c1-11(2)4-5-15(23)18-14(8-21)6-13-7-17(19-16(13)24)9-20(10-17)12(3)22/h11,13-14,21H,4-10H2,1-3H3,(H,18,23)(H,19,24). The zero-order valence-corrected chi connectivity index (χ0v) is 14.8. The van der Waals surface area contributed by atoms with Gasteiger partial charge in [-0.2, -0.15) is 0 Å². The van der Waals surface area contributed by atoms with Gasteiger partial charge in [-0.1, -0.05) is 13.8 Å². The zero-order valence-electron chi connectivity index (χ0n) is 14.8. The summed E-state index contributed by atoms with van der Waals surface area (Å²) < 4.78 is 0. The van der Waals surface area contributed by atoms with Crippen LogP contribution in [0.3, 0.4) is 0 Å². The minimum absolute atomic E-state index is 0.0176. The molecule has 0 aliphatic carbocycles. The number of hydrogen-bond acceptors (Lipinski definition) is 4. The van der Waals surface area contributed by atoms with Crippen LogP contribution in [0.4, 0.5) is 0 Å². The van der Waals surface area contributed by atoms with Gasteiger partial charge in [-0.25, -0.2) is 0 Å². The number of carbonyl (C=O) groups is 3. The van der Waals surface area contributed by atoms with Gasteiger partial charge in [-0.3, -0.25) is 14.4 Å². The zero-order chi connectivity index (χ0) is 17.9. The molecule has 2 unspecified atom stereocenters. The van der Waals surface area contributed by atoms with Crippen LogP contribution >= 0.6 is 0 Å². The molecule has 2 fully saturated rings. The third-order valence-electron chi connectivity index (χ3n) is 4.93. The highest BCUT2D eigenvalue weighted by Crippen LogP contribution is 2.35. The highest BCUT2D eigenvalue weighted by Gasteiger charge is 2.52. The largest absolute Gasteiger partial charge is 0.394 e. The number of likely N-dealkylation sites (tertiary alicyclic amines) is 1. The van der Waals surface area contributed by atoms with Gasteiger partial charge in [0.25, 0.3) is 0 Å². The molecule has 0 aromatic heterocycles. The van der Waals surface area contributed by atoms with Crippen LogP contribution in [0, 0.1) is 11.8 Å². The van der Waals surface area contributed by atoms with E-state index in [0.717, 1.165) is 6.42 Å². The predicted molar refractivity (Wildman–Crippen MR) is 88.9 cm³/mol. The van der Waals surface area contributed by atoms with E-state index in [1.54, 1.807) is 4.90 Å². The quantitative estimate of drug-likeness (QED) is 0.609. The lowest BCUT2D eigenvalue weighted by Gasteiger charge is -2.47. The Kier molecular flexibility index (Phi) is 5.85. The molecule has 2 aliphatic rings. The van der Waals surface area contributed by atoms with Crippen molar-refractivity contribution in [2.24, 2.45) is 11.8 Å². The molecule has 2 saturated heterocycles. The van der Waals surface area contributed by atoms with Gasteiger partial charge in [0.2, 0.25) is 17.7 Å². The van der Waals surface area contributed by atoms with E-state index in [1.165, 1.54) is 6.92 Å². The molecule has 24 heavy (non-hydrogen) atoms. The molecule has 0 bridgehead atoms. The normalized spacial score (nSPS) is 23.1. The molecule has 0 aromatic carbocycles. The molecule has 2 atom stereocenters. The van der Waals surface area contributed by atoms with Gasteiger partial charge >= 0.3 is 0 Å². The summed E-state index contributed by atoms with van der Waals surface area (Å²) in [6.45, 7) is 6.56. The van der Waals surface area contributed by atoms with E-state index in [-0.39, 0.29) is 35.8 Å². The molecule has 0 radical (unpaired) electrons. The highest BCUT2D eigenvalue weighted by molar-refractivity contribution is 5.84. The van der Waals surface area contributed by atoms with E-state index in [2.05, 4.69) is 24.5 Å². The summed E-state index contributed by atoms with van der Waals surface area (Å²) in [7, 11) is 0. The van der Waals surface area contributed by atoms with E-state index >= 15 is 0 Å². The summed E-state index contributed by atoms with van der Waals surface area (Å²) in [6.07, 6.45) is 2.31. The van der Waals surface area contributed by atoms with Gasteiger partial charge < -0.3 is 20.6 Å². The fourth-order valence-electron chi connectivity index (χ4n) is 3.53. The van der Waals surface area contributed by atoms with Crippen LogP contribution in [0.5, 0.6) is 0 Å². The van der Waals surface area contributed by atoms with Crippen molar-refractivity contribution in [3.8, 4) is 0 Å². The number of amides is 3. The first-order valence-electron chi connectivity index (χ1n) is 8.72. The Bertz CT molecular complexity index is 500. The predicted octanol–water partition coefficient (Wildman–Crippen LogP) is 0.0268. The van der Waals surface area contributed by atoms with Gasteiger partial charge in [0.05, 0.1) is 18.2 Å². The number of hydrogen-bond donors (Lipinski definition) is 3. The van der Waals surface area contributed by atoms with Crippen molar-refractivity contribution >= 4 is 17.7 Å². The summed E-state index contributed by atoms with van der Waals surface area (Å²) in [5.41, 5.74) is -0.310. The first-order chi connectivity index (χ1) is 11.2. The maximum absolute atomic E-state index is 12.2. The number of aliphatic hydroxyl groups excluding tert-OH is 1. The van der Waals surface area contributed by atoms with Gasteiger partial charge in [0.1, 0.15) is 0 Å². The average Bonchev–Trinajstić information content (AvgIpc) is 2.80. The maximum atomic E-state index is 12.2. The second kappa shape index (κ2) is 7.51. The van der Waals surface area contributed by atoms with Crippen LogP contribution in [0.2, 0.25) is 0 Å². The van der Waals surface area contributed by atoms with Crippen LogP contribution in [0.25, 0.3) is 0 Å². The Labute approximate surface area is 143 Å². The molecule has 7 nitrogen and oxygen atoms in total. The number of carbonyl (C=O) groups excluding carboxylic acids is 3. The Morgan fingerprint density at radius 3 is 2.62 bits per heavy atom. The lowest BCUT2D eigenvalue weighted by atomic mass is 9.83. The van der Waals surface area contributed by atoms with Crippen molar-refractivity contribution in [1.82, 2.24) is 15.5 Å². The number of aliphatic hydroxyl groups is 1. The Hall–Kier alpha value is -1.63. The van der Waals surface area contributed by atoms with Crippen molar-refractivity contribution < 1.29 is 19.5 Å². The monoisotopic (exact) mass is 339 g/mol. The minimum Gasteiger partial charge on any atom is -0.394 e. The van der Waals surface area contributed by atoms with E-state index in [4.69, 9.17) is 0 Å². The van der Waals surface area contributed by atoms with E-state index in [9.17, 15) is 19.5 Å². The molecule has 3 amide bonds. The molecular weight excluding hydrogens is 310 g/mol. The fraction of sp³-hybridized carbons (Fsp3) is 0.824. The van der Waals surface area contributed by atoms with Crippen molar-refractivity contribution in [2.45, 2.75) is 58.0 Å². The molecule has 2 rings (SSSR count). The molecule has 2 aliphatic heterocycles. The molecule has 0 saturated carbocycles. The second-order valence-electron chi connectivity index (χ2n) is 7.66. The Morgan fingerprint density at radius 2 is 2.08 bits per heavy atom. The second-order valence-corrected chi connectivity index (χ2v) is 7.66. The number of nitrogens with one attached hydrogen (secondary N) is 2. The first-order valence-corrected chi connectivity index (χ1v) is 8.72. The van der Waals surface area contributed by atoms with Crippen LogP contribution in [0.1, 0.15) is 46.5 Å². The summed E-state index contributed by atoms with van der Waals surface area (Å²) in [4.78, 5) is 37.1. The van der Waals surface area contributed by atoms with Gasteiger partial charge in [-0.05, 0) is 25.2 Å². The maximum Gasteiger partial charge on any atom is 0.223 e. The molecule has 1 spiro atoms. The van der Waals surface area contributed by atoms with Crippen molar-refractivity contribution in [1.29, 1.82) is 0 Å². The number of nitrogens with zero attached hydrogens (tertiary/aromatic N) is 1. The summed E-state index contributed by atoms with van der Waals surface area (Å²) in [5, 5.41) is 15.3. The lowest BCUT2D eigenvalue weighted by Crippen LogP contribution is -2.68. The molecule has 7 heteroatoms. The molecule has 136 valence electrons. The highest BCUT2D eigenvalue weighted by atomic mass is 16.3. The summed E-state index contributed by atoms with van der Waals surface area (Å²) in [6, 6.07) is -0.403. The van der Waals surface area contributed by atoms with Crippen LogP contribution in [-0.2, 0) is 14.4 Å². The lowest BCUT2D eigenvalue weighted by molar-refractivity contribution is -0.138. The SMILES string of the molecule is CC(=O)N1CC2(CC(CC(CO)NC(=O)CCC(C)C)C(=O)N2)C1. The van der Waals surface area contributed by atoms with E-state index in [1.807, 2.05) is 0 Å². The van der Waals surface area contributed by atoms with Crippen LogP contribution < -0.4 is 10.6 Å². The summed E-state index contributed by atoms with van der Waals surface area (Å²) >= 11 is 0. The molecule has 3 N–H and O–H groups in total. The summed E-state index contributed by atoms with van der Waals surface area (Å²) in [5.74, 6) is 0.104. The van der Waals surface area contributed by atoms with E-state index in [0.29, 0.717) is 38.3 Å². The number of rotatable bonds is 7. The Morgan fingerprint density at radius 1 is 1.42 bits per heavy atom. The third-order valence-corrected chi connectivity index (χ3v) is 4.93. The third kappa shape index (κ3) is 4.47. The topological polar surface area (TPSA) is 98.7 Å². The van der Waals surface area contributed by atoms with Crippen LogP contribution in [0.15, 0.2) is 0 Å². The van der Waals surface area contributed by atoms with Gasteiger partial charge in [-0.15, -0.1) is 0 Å². The first kappa shape index (κ1) is 18.7. The molecule has 0 aromatic rings. The average molecular weight is 339 g/mol. The van der Waals surface area contributed by atoms with Gasteiger partial charge in [0, 0.05) is 32.4 Å².